The molecule has 21 heavy (non-hydrogen) atoms. The zero-order valence-corrected chi connectivity index (χ0v) is 14.4. The topological polar surface area (TPSA) is 38.7 Å². The monoisotopic (exact) mass is 297 g/mol. The summed E-state index contributed by atoms with van der Waals surface area (Å²) in [6.07, 6.45) is 4.89. The van der Waals surface area contributed by atoms with Crippen molar-refractivity contribution in [3.8, 4) is 0 Å². The van der Waals surface area contributed by atoms with Gasteiger partial charge in [0.1, 0.15) is 0 Å². The van der Waals surface area contributed by atoms with E-state index in [4.69, 9.17) is 0 Å². The number of likely N-dealkylation sites (N-methyl/N-ethyl adjacent to an activating group) is 2. The van der Waals surface area contributed by atoms with Crippen LogP contribution in [0.3, 0.4) is 0 Å². The lowest BCUT2D eigenvalue weighted by molar-refractivity contribution is 0.114. The second-order valence-corrected chi connectivity index (χ2v) is 7.49. The van der Waals surface area contributed by atoms with Gasteiger partial charge in [-0.05, 0) is 58.3 Å². The predicted molar refractivity (Wildman–Crippen MR) is 88.5 cm³/mol. The Bertz CT molecular complexity index is 323. The molecule has 0 aromatic heterocycles. The molecule has 1 saturated heterocycles. The van der Waals surface area contributed by atoms with Crippen molar-refractivity contribution in [3.05, 3.63) is 0 Å². The van der Waals surface area contributed by atoms with Gasteiger partial charge >= 0.3 is 0 Å². The highest BCUT2D eigenvalue weighted by Crippen LogP contribution is 2.38. The van der Waals surface area contributed by atoms with E-state index >= 15 is 0 Å². The van der Waals surface area contributed by atoms with Crippen LogP contribution in [0.1, 0.15) is 39.5 Å². The van der Waals surface area contributed by atoms with Gasteiger partial charge in [-0.25, -0.2) is 0 Å². The van der Waals surface area contributed by atoms with Gasteiger partial charge in [0.25, 0.3) is 0 Å². The molecule has 4 unspecified atom stereocenters. The third-order valence-electron chi connectivity index (χ3n) is 5.87. The zero-order valence-electron chi connectivity index (χ0n) is 14.4. The summed E-state index contributed by atoms with van der Waals surface area (Å²) in [4.78, 5) is 5.00. The van der Waals surface area contributed by atoms with Crippen LogP contribution in [0.5, 0.6) is 0 Å². The summed E-state index contributed by atoms with van der Waals surface area (Å²) in [6, 6.07) is 0.699. The summed E-state index contributed by atoms with van der Waals surface area (Å²) >= 11 is 0. The quantitative estimate of drug-likeness (QED) is 0.745. The van der Waals surface area contributed by atoms with Gasteiger partial charge in [0.05, 0.1) is 6.61 Å². The van der Waals surface area contributed by atoms with Gasteiger partial charge in [0.15, 0.2) is 0 Å². The standard InChI is InChI=1S/C17H35N3O/c1-5-18-17(13-21)9-6-7-15(17)8-10-20-11-14(2)16(12-20)19(3)4/h14-16,18,21H,5-13H2,1-4H3. The SMILES string of the molecule is CCNC1(CO)CCCC1CCN1CC(C)C(N(C)C)C1. The Kier molecular flexibility index (Phi) is 6.06. The van der Waals surface area contributed by atoms with Crippen molar-refractivity contribution in [2.24, 2.45) is 11.8 Å². The van der Waals surface area contributed by atoms with Crippen molar-refractivity contribution < 1.29 is 5.11 Å². The van der Waals surface area contributed by atoms with Gasteiger partial charge in [-0.1, -0.05) is 20.3 Å². The number of hydrogen-bond donors (Lipinski definition) is 2. The molecule has 4 heteroatoms. The maximum atomic E-state index is 9.88. The number of likely N-dealkylation sites (tertiary alicyclic amines) is 1. The number of rotatable bonds is 7. The van der Waals surface area contributed by atoms with Gasteiger partial charge in [0, 0.05) is 24.7 Å². The molecule has 4 atom stereocenters. The normalized spacial score (nSPS) is 37.7. The minimum Gasteiger partial charge on any atom is -0.394 e. The molecule has 0 bridgehead atoms. The van der Waals surface area contributed by atoms with Crippen LogP contribution in [-0.2, 0) is 0 Å². The molecule has 4 nitrogen and oxygen atoms in total. The van der Waals surface area contributed by atoms with Crippen LogP contribution < -0.4 is 5.32 Å². The molecule has 0 radical (unpaired) electrons. The first-order chi connectivity index (χ1) is 10.0. The first-order valence-electron chi connectivity index (χ1n) is 8.77. The van der Waals surface area contributed by atoms with E-state index in [0.717, 1.165) is 18.9 Å². The lowest BCUT2D eigenvalue weighted by Crippen LogP contribution is -2.51. The van der Waals surface area contributed by atoms with E-state index in [9.17, 15) is 5.11 Å². The first-order valence-corrected chi connectivity index (χ1v) is 8.77. The second-order valence-electron chi connectivity index (χ2n) is 7.49. The molecular weight excluding hydrogens is 262 g/mol. The Balaban J connectivity index is 1.85. The molecule has 2 aliphatic rings. The Morgan fingerprint density at radius 1 is 1.33 bits per heavy atom. The summed E-state index contributed by atoms with van der Waals surface area (Å²) < 4.78 is 0. The Labute approximate surface area is 130 Å². The molecule has 1 saturated carbocycles. The van der Waals surface area contributed by atoms with Crippen LogP contribution in [0, 0.1) is 11.8 Å². The number of nitrogens with zero attached hydrogens (tertiary/aromatic N) is 2. The maximum absolute atomic E-state index is 9.88. The summed E-state index contributed by atoms with van der Waals surface area (Å²) in [5.74, 6) is 1.40. The van der Waals surface area contributed by atoms with Crippen molar-refractivity contribution >= 4 is 0 Å². The van der Waals surface area contributed by atoms with Crippen LogP contribution in [0.2, 0.25) is 0 Å². The number of hydrogen-bond acceptors (Lipinski definition) is 4. The highest BCUT2D eigenvalue weighted by Gasteiger charge is 2.42. The largest absolute Gasteiger partial charge is 0.394 e. The highest BCUT2D eigenvalue weighted by molar-refractivity contribution is 4.99. The molecular formula is C17H35N3O. The van der Waals surface area contributed by atoms with E-state index in [1.165, 1.54) is 38.9 Å². The van der Waals surface area contributed by atoms with Crippen LogP contribution in [0.15, 0.2) is 0 Å². The van der Waals surface area contributed by atoms with E-state index in [1.54, 1.807) is 0 Å². The molecule has 2 rings (SSSR count). The lowest BCUT2D eigenvalue weighted by atomic mass is 9.85. The molecule has 0 aromatic carbocycles. The molecule has 1 aliphatic carbocycles. The van der Waals surface area contributed by atoms with Crippen LogP contribution in [0.25, 0.3) is 0 Å². The molecule has 1 aliphatic heterocycles. The highest BCUT2D eigenvalue weighted by atomic mass is 16.3. The zero-order chi connectivity index (χ0) is 15.5. The van der Waals surface area contributed by atoms with Gasteiger partial charge in [-0.15, -0.1) is 0 Å². The summed E-state index contributed by atoms with van der Waals surface area (Å²) in [6.45, 7) is 9.39. The van der Waals surface area contributed by atoms with Gasteiger partial charge < -0.3 is 20.2 Å². The average Bonchev–Trinajstić information content (AvgIpc) is 3.01. The Hall–Kier alpha value is -0.160. The third-order valence-corrected chi connectivity index (χ3v) is 5.87. The fraction of sp³-hybridized carbons (Fsp3) is 1.00. The summed E-state index contributed by atoms with van der Waals surface area (Å²) in [7, 11) is 4.40. The van der Waals surface area contributed by atoms with E-state index < -0.39 is 0 Å². The number of aliphatic hydroxyl groups is 1. The molecule has 124 valence electrons. The van der Waals surface area contributed by atoms with E-state index in [-0.39, 0.29) is 5.54 Å². The van der Waals surface area contributed by atoms with E-state index in [0.29, 0.717) is 18.6 Å². The van der Waals surface area contributed by atoms with Crippen LogP contribution in [-0.4, -0.2) is 73.4 Å². The maximum Gasteiger partial charge on any atom is 0.0616 e. The molecule has 0 amide bonds. The molecule has 0 spiro atoms. The summed E-state index contributed by atoms with van der Waals surface area (Å²) in [5, 5.41) is 13.5. The van der Waals surface area contributed by atoms with Gasteiger partial charge in [-0.3, -0.25) is 0 Å². The smallest absolute Gasteiger partial charge is 0.0616 e. The molecule has 0 aromatic rings. The third kappa shape index (κ3) is 3.79. The lowest BCUT2D eigenvalue weighted by Gasteiger charge is -2.35. The van der Waals surface area contributed by atoms with Crippen molar-refractivity contribution in [2.75, 3.05) is 46.9 Å². The Morgan fingerprint density at radius 3 is 2.67 bits per heavy atom. The van der Waals surface area contributed by atoms with Gasteiger partial charge in [-0.2, -0.15) is 0 Å². The summed E-state index contributed by atoms with van der Waals surface area (Å²) in [5.41, 5.74) is 0.00103. The molecule has 2 fully saturated rings. The van der Waals surface area contributed by atoms with Crippen LogP contribution >= 0.6 is 0 Å². The minimum atomic E-state index is 0.00103. The van der Waals surface area contributed by atoms with Crippen molar-refractivity contribution in [1.29, 1.82) is 0 Å². The fourth-order valence-corrected chi connectivity index (χ4v) is 4.66. The predicted octanol–water partition coefficient (Wildman–Crippen LogP) is 1.40. The molecule has 1 heterocycles. The van der Waals surface area contributed by atoms with E-state index in [2.05, 4.69) is 43.1 Å². The van der Waals surface area contributed by atoms with Crippen molar-refractivity contribution in [3.63, 3.8) is 0 Å². The Morgan fingerprint density at radius 2 is 2.10 bits per heavy atom. The fourth-order valence-electron chi connectivity index (χ4n) is 4.66. The van der Waals surface area contributed by atoms with E-state index in [1.807, 2.05) is 0 Å². The average molecular weight is 297 g/mol. The first kappa shape index (κ1) is 17.2. The van der Waals surface area contributed by atoms with Crippen LogP contribution in [0.4, 0.5) is 0 Å². The van der Waals surface area contributed by atoms with Crippen molar-refractivity contribution in [2.45, 2.75) is 51.1 Å². The van der Waals surface area contributed by atoms with Crippen molar-refractivity contribution in [1.82, 2.24) is 15.1 Å². The second kappa shape index (κ2) is 7.40. The number of aliphatic hydroxyl groups excluding tert-OH is 1. The number of nitrogens with one attached hydrogen (secondary N) is 1. The molecule has 2 N–H and O–H groups in total. The van der Waals surface area contributed by atoms with Gasteiger partial charge in [0.2, 0.25) is 0 Å². The minimum absolute atomic E-state index is 0.00103.